The van der Waals surface area contributed by atoms with E-state index in [1.807, 2.05) is 25.6 Å². The highest BCUT2D eigenvalue weighted by molar-refractivity contribution is 5.76. The molecule has 0 unspecified atom stereocenters. The number of hydrogen-bond acceptors (Lipinski definition) is 2. The van der Waals surface area contributed by atoms with E-state index in [9.17, 15) is 4.79 Å². The van der Waals surface area contributed by atoms with Gasteiger partial charge in [0.15, 0.2) is 0 Å². The third-order valence-corrected chi connectivity index (χ3v) is 4.04. The van der Waals surface area contributed by atoms with Gasteiger partial charge in [-0.1, -0.05) is 6.92 Å². The molecule has 2 aromatic heterocycles. The Hall–Kier alpha value is -2.04. The van der Waals surface area contributed by atoms with Crippen molar-refractivity contribution in [3.8, 4) is 0 Å². The first-order valence-electron chi connectivity index (χ1n) is 7.91. The molecule has 0 bridgehead atoms. The average molecular weight is 302 g/mol. The van der Waals surface area contributed by atoms with Crippen LogP contribution >= 0.6 is 0 Å². The second-order valence-corrected chi connectivity index (χ2v) is 5.81. The van der Waals surface area contributed by atoms with E-state index in [0.29, 0.717) is 13.0 Å². The highest BCUT2D eigenvalue weighted by Gasteiger charge is 2.11. The van der Waals surface area contributed by atoms with Gasteiger partial charge < -0.3 is 9.88 Å². The largest absolute Gasteiger partial charge is 0.354 e. The van der Waals surface area contributed by atoms with Crippen molar-refractivity contribution in [3.05, 3.63) is 41.0 Å². The average Bonchev–Trinajstić information content (AvgIpc) is 3.01. The number of aromatic nitrogens is 3. The molecule has 2 heterocycles. The van der Waals surface area contributed by atoms with Crippen LogP contribution in [-0.4, -0.2) is 20.3 Å². The highest BCUT2D eigenvalue weighted by atomic mass is 16.1. The predicted molar refractivity (Wildman–Crippen MR) is 87.6 cm³/mol. The van der Waals surface area contributed by atoms with Crippen molar-refractivity contribution < 1.29 is 4.79 Å². The van der Waals surface area contributed by atoms with Gasteiger partial charge in [-0.2, -0.15) is 5.10 Å². The van der Waals surface area contributed by atoms with E-state index in [-0.39, 0.29) is 5.91 Å². The Labute approximate surface area is 132 Å². The van der Waals surface area contributed by atoms with E-state index in [1.165, 1.54) is 5.56 Å². The molecule has 120 valence electrons. The number of aryl methyl sites for hydroxylation is 3. The molecule has 0 aliphatic heterocycles. The molecule has 0 aromatic carbocycles. The lowest BCUT2D eigenvalue weighted by molar-refractivity contribution is -0.121. The number of carbonyl (C=O) groups is 1. The number of rotatable bonds is 7. The fraction of sp³-hybridized carbons (Fsp3) is 0.529. The van der Waals surface area contributed by atoms with Crippen LogP contribution in [0.25, 0.3) is 0 Å². The van der Waals surface area contributed by atoms with Gasteiger partial charge in [0, 0.05) is 44.6 Å². The van der Waals surface area contributed by atoms with Crippen molar-refractivity contribution in [3.63, 3.8) is 0 Å². The SMILES string of the molecule is CCCn1ccc(CNC(=O)CCc2c(C)nn(C)c2C)c1. The minimum atomic E-state index is 0.0888. The molecule has 2 rings (SSSR count). The molecule has 0 spiro atoms. The Morgan fingerprint density at radius 1 is 1.36 bits per heavy atom. The molecule has 0 saturated heterocycles. The van der Waals surface area contributed by atoms with Gasteiger partial charge in [-0.05, 0) is 43.9 Å². The third-order valence-electron chi connectivity index (χ3n) is 4.04. The molecule has 1 N–H and O–H groups in total. The Kier molecular flexibility index (Phi) is 5.41. The molecule has 22 heavy (non-hydrogen) atoms. The van der Waals surface area contributed by atoms with Crippen LogP contribution < -0.4 is 5.32 Å². The van der Waals surface area contributed by atoms with Crippen LogP contribution in [0.3, 0.4) is 0 Å². The van der Waals surface area contributed by atoms with E-state index in [2.05, 4.69) is 40.4 Å². The molecule has 0 aliphatic rings. The minimum absolute atomic E-state index is 0.0888. The predicted octanol–water partition coefficient (Wildman–Crippen LogP) is 2.50. The van der Waals surface area contributed by atoms with Gasteiger partial charge in [0.25, 0.3) is 0 Å². The molecule has 0 aliphatic carbocycles. The monoisotopic (exact) mass is 302 g/mol. The Bertz CT molecular complexity index is 639. The summed E-state index contributed by atoms with van der Waals surface area (Å²) in [5.41, 5.74) is 4.49. The molecule has 0 saturated carbocycles. The van der Waals surface area contributed by atoms with Crippen LogP contribution in [0.5, 0.6) is 0 Å². The second-order valence-electron chi connectivity index (χ2n) is 5.81. The lowest BCUT2D eigenvalue weighted by atomic mass is 10.1. The van der Waals surface area contributed by atoms with Crippen LogP contribution in [0.15, 0.2) is 18.5 Å². The fourth-order valence-corrected chi connectivity index (χ4v) is 2.70. The van der Waals surface area contributed by atoms with Crippen LogP contribution in [0.1, 0.15) is 42.3 Å². The van der Waals surface area contributed by atoms with Crippen molar-refractivity contribution in [2.24, 2.45) is 7.05 Å². The van der Waals surface area contributed by atoms with Gasteiger partial charge in [0.2, 0.25) is 5.91 Å². The molecule has 0 radical (unpaired) electrons. The first-order valence-corrected chi connectivity index (χ1v) is 7.91. The lowest BCUT2D eigenvalue weighted by Gasteiger charge is -2.05. The smallest absolute Gasteiger partial charge is 0.220 e. The molecule has 2 aromatic rings. The molecule has 5 heteroatoms. The van der Waals surface area contributed by atoms with Crippen molar-refractivity contribution >= 4 is 5.91 Å². The van der Waals surface area contributed by atoms with E-state index < -0.39 is 0 Å². The van der Waals surface area contributed by atoms with Crippen molar-refractivity contribution in [2.75, 3.05) is 0 Å². The van der Waals surface area contributed by atoms with E-state index >= 15 is 0 Å². The Morgan fingerprint density at radius 3 is 2.77 bits per heavy atom. The first kappa shape index (κ1) is 16.3. The molecule has 1 amide bonds. The van der Waals surface area contributed by atoms with E-state index in [0.717, 1.165) is 36.3 Å². The van der Waals surface area contributed by atoms with Crippen molar-refractivity contribution in [1.29, 1.82) is 0 Å². The number of hydrogen-bond donors (Lipinski definition) is 1. The zero-order valence-corrected chi connectivity index (χ0v) is 14.0. The van der Waals surface area contributed by atoms with Gasteiger partial charge in [-0.15, -0.1) is 0 Å². The number of nitrogens with zero attached hydrogens (tertiary/aromatic N) is 3. The summed E-state index contributed by atoms with van der Waals surface area (Å²) in [6.45, 7) is 7.82. The second kappa shape index (κ2) is 7.29. The standard InChI is InChI=1S/C17H26N4O/c1-5-9-21-10-8-15(12-21)11-18-17(22)7-6-16-13(2)19-20(4)14(16)3/h8,10,12H,5-7,9,11H2,1-4H3,(H,18,22). The van der Waals surface area contributed by atoms with Gasteiger partial charge in [0.05, 0.1) is 5.69 Å². The summed E-state index contributed by atoms with van der Waals surface area (Å²) in [7, 11) is 1.94. The lowest BCUT2D eigenvalue weighted by Crippen LogP contribution is -2.23. The molecule has 0 fully saturated rings. The normalized spacial score (nSPS) is 10.9. The van der Waals surface area contributed by atoms with E-state index in [4.69, 9.17) is 0 Å². The van der Waals surface area contributed by atoms with Crippen LogP contribution in [0.4, 0.5) is 0 Å². The fourth-order valence-electron chi connectivity index (χ4n) is 2.70. The number of carbonyl (C=O) groups excluding carboxylic acids is 1. The number of amides is 1. The summed E-state index contributed by atoms with van der Waals surface area (Å²) in [6, 6.07) is 2.06. The van der Waals surface area contributed by atoms with Crippen LogP contribution in [-0.2, 0) is 31.4 Å². The quantitative estimate of drug-likeness (QED) is 0.854. The number of nitrogens with one attached hydrogen (secondary N) is 1. The minimum Gasteiger partial charge on any atom is -0.354 e. The summed E-state index contributed by atoms with van der Waals surface area (Å²) >= 11 is 0. The van der Waals surface area contributed by atoms with Crippen LogP contribution in [0, 0.1) is 13.8 Å². The maximum atomic E-state index is 12.0. The highest BCUT2D eigenvalue weighted by Crippen LogP contribution is 2.14. The molecule has 5 nitrogen and oxygen atoms in total. The zero-order chi connectivity index (χ0) is 16.1. The third kappa shape index (κ3) is 4.00. The maximum absolute atomic E-state index is 12.0. The van der Waals surface area contributed by atoms with Crippen LogP contribution in [0.2, 0.25) is 0 Å². The Morgan fingerprint density at radius 2 is 2.14 bits per heavy atom. The summed E-state index contributed by atoms with van der Waals surface area (Å²) < 4.78 is 4.03. The molecular formula is C17H26N4O. The topological polar surface area (TPSA) is 51.9 Å². The first-order chi connectivity index (χ1) is 10.5. The van der Waals surface area contributed by atoms with Crippen molar-refractivity contribution in [2.45, 2.75) is 53.1 Å². The molecule has 0 atom stereocenters. The summed E-state index contributed by atoms with van der Waals surface area (Å²) in [5, 5.41) is 7.38. The zero-order valence-electron chi connectivity index (χ0n) is 14.0. The van der Waals surface area contributed by atoms with Crippen molar-refractivity contribution in [1.82, 2.24) is 19.7 Å². The van der Waals surface area contributed by atoms with Gasteiger partial charge in [-0.25, -0.2) is 0 Å². The summed E-state index contributed by atoms with van der Waals surface area (Å²) in [5.74, 6) is 0.0888. The van der Waals surface area contributed by atoms with E-state index in [1.54, 1.807) is 0 Å². The maximum Gasteiger partial charge on any atom is 0.220 e. The van der Waals surface area contributed by atoms with Gasteiger partial charge in [-0.3, -0.25) is 9.48 Å². The summed E-state index contributed by atoms with van der Waals surface area (Å²) in [4.78, 5) is 12.0. The summed E-state index contributed by atoms with van der Waals surface area (Å²) in [6.07, 6.45) is 6.52. The van der Waals surface area contributed by atoms with Gasteiger partial charge >= 0.3 is 0 Å². The Balaban J connectivity index is 1.80. The van der Waals surface area contributed by atoms with Gasteiger partial charge in [0.1, 0.15) is 0 Å². The molecular weight excluding hydrogens is 276 g/mol.